The molecule has 1 aromatic heterocycles. The lowest BCUT2D eigenvalue weighted by atomic mass is 10.3. The Balaban J connectivity index is -0.000000471. The summed E-state index contributed by atoms with van der Waals surface area (Å²) < 4.78 is 51.7. The molecule has 0 aliphatic heterocycles. The summed E-state index contributed by atoms with van der Waals surface area (Å²) in [6.07, 6.45) is 2.59. The molecule has 0 saturated carbocycles. The number of nitrogens with one attached hydrogen (secondary N) is 1. The maximum Gasteiger partial charge on any atom is 0.304 e. The number of pyridine rings is 1. The number of carboxylic acids is 2. The van der Waals surface area contributed by atoms with Gasteiger partial charge in [0.15, 0.2) is 31.5 Å². The molecule has 0 radical (unpaired) electrons. The third kappa shape index (κ3) is 54.6. The molecular formula is C51H100N2O22S5. The highest BCUT2D eigenvalue weighted by Gasteiger charge is 2.18. The minimum atomic E-state index is -0.802. The van der Waals surface area contributed by atoms with Gasteiger partial charge in [0.05, 0.1) is 89.6 Å². The number of methoxy groups -OCH3 is 5. The predicted octanol–water partition coefficient (Wildman–Crippen LogP) is 4.21. The number of rotatable bonds is 47. The number of hydrogen-bond acceptors (Lipinski definition) is 26. The minimum absolute atomic E-state index is 0.0138. The van der Waals surface area contributed by atoms with Crippen molar-refractivity contribution in [2.24, 2.45) is 0 Å². The zero-order valence-electron chi connectivity index (χ0n) is 48.7. The van der Waals surface area contributed by atoms with E-state index in [4.69, 9.17) is 93.3 Å². The highest BCUT2D eigenvalue weighted by Crippen LogP contribution is 2.28. The second-order valence-electron chi connectivity index (χ2n) is 16.1. The molecule has 1 amide bonds. The van der Waals surface area contributed by atoms with Gasteiger partial charge < -0.3 is 98.6 Å². The molecule has 80 heavy (non-hydrogen) atoms. The summed E-state index contributed by atoms with van der Waals surface area (Å²) in [5.41, 5.74) is 0. The summed E-state index contributed by atoms with van der Waals surface area (Å²) in [6.45, 7) is 9.69. The standard InChI is InChI=1S/C17H28N2O4S3.2C10H20O5S.2C7H16O4/c1-3-14(12-20)23-17(22-2)13-24-10-7-15(21)18-9-11-25-26-16-6-4-5-8-19-16;2*1-3-8(6-11)15-10(14-2)7-16-5-4-9(12)13;2*1-3-6(4-8)11-7(5-9)10-2/h4-6,8,14,17,20H,3,7,9-13H2,1-2H3,(H,18,21);2*8,10-11H,3-7H2,1-2H3,(H,12,13);2*6-9H,3-5H2,1-2H3. The molecule has 10 N–H and O–H groups in total. The fraction of sp³-hybridized carbons (Fsp3) is 0.843. The lowest BCUT2D eigenvalue weighted by Gasteiger charge is -2.21. The molecule has 24 nitrogen and oxygen atoms in total. The summed E-state index contributed by atoms with van der Waals surface area (Å²) in [7, 11) is 10.8. The maximum absolute atomic E-state index is 11.8. The van der Waals surface area contributed by atoms with E-state index in [1.54, 1.807) is 46.7 Å². The van der Waals surface area contributed by atoms with Gasteiger partial charge >= 0.3 is 11.9 Å². The van der Waals surface area contributed by atoms with Crippen molar-refractivity contribution in [3.63, 3.8) is 0 Å². The number of amides is 1. The average molecular weight is 1250 g/mol. The van der Waals surface area contributed by atoms with Crippen LogP contribution in [0.15, 0.2) is 29.4 Å². The van der Waals surface area contributed by atoms with Crippen LogP contribution in [0, 0.1) is 0 Å². The van der Waals surface area contributed by atoms with Crippen LogP contribution in [0.3, 0.4) is 0 Å². The van der Waals surface area contributed by atoms with E-state index < -0.39 is 37.1 Å². The number of aliphatic hydroxyl groups excluding tert-OH is 7. The van der Waals surface area contributed by atoms with Gasteiger partial charge in [0.1, 0.15) is 5.03 Å². The van der Waals surface area contributed by atoms with Crippen LogP contribution in [0.1, 0.15) is 86.0 Å². The fourth-order valence-corrected chi connectivity index (χ4v) is 9.57. The number of ether oxygens (including phenoxy) is 10. The molecule has 0 saturated heterocycles. The molecule has 1 rings (SSSR count). The number of carboxylic acid groups (broad SMARTS) is 2. The zero-order valence-corrected chi connectivity index (χ0v) is 52.7. The molecule has 0 spiro atoms. The van der Waals surface area contributed by atoms with Crippen molar-refractivity contribution in [3.8, 4) is 0 Å². The molecule has 0 aliphatic carbocycles. The van der Waals surface area contributed by atoms with E-state index in [2.05, 4.69) is 10.3 Å². The normalized spacial score (nSPS) is 14.7. The first-order valence-corrected chi connectivity index (χ1v) is 32.1. The van der Waals surface area contributed by atoms with Crippen molar-refractivity contribution in [3.05, 3.63) is 24.4 Å². The van der Waals surface area contributed by atoms with E-state index in [1.165, 1.54) is 52.0 Å². The van der Waals surface area contributed by atoms with Crippen LogP contribution in [0.2, 0.25) is 0 Å². The van der Waals surface area contributed by atoms with Crippen molar-refractivity contribution in [1.82, 2.24) is 10.3 Å². The Bertz CT molecular complexity index is 1380. The van der Waals surface area contributed by atoms with Crippen LogP contribution < -0.4 is 5.32 Å². The second-order valence-corrected chi connectivity index (χ2v) is 22.0. The minimum Gasteiger partial charge on any atom is -0.481 e. The SMILES string of the molecule is CCC(CO)OC(CO)OC.CCC(CO)OC(CO)OC.CCC(CO)OC(CSCCC(=O)NCCSSc1ccccn1)OC.CCC(CO)OC(CSCCC(=O)O)OC.CCC(CO)OC(CSCCC(=O)O)OC. The van der Waals surface area contributed by atoms with E-state index in [9.17, 15) is 14.4 Å². The number of thioether (sulfide) groups is 3. The summed E-state index contributed by atoms with van der Waals surface area (Å²) >= 11 is 4.54. The number of aromatic nitrogens is 1. The first kappa shape index (κ1) is 85.1. The Morgan fingerprint density at radius 3 is 1.06 bits per heavy atom. The van der Waals surface area contributed by atoms with Crippen LogP contribution in [0.5, 0.6) is 0 Å². The predicted molar refractivity (Wildman–Crippen MR) is 316 cm³/mol. The van der Waals surface area contributed by atoms with Crippen LogP contribution in [-0.4, -0.2) is 259 Å². The van der Waals surface area contributed by atoms with Gasteiger partial charge in [-0.05, 0) is 55.0 Å². The molecule has 1 heterocycles. The Labute approximate surface area is 496 Å². The number of hydrogen-bond donors (Lipinski definition) is 10. The van der Waals surface area contributed by atoms with Gasteiger partial charge in [0, 0.05) is 95.0 Å². The molecule has 1 aromatic rings. The van der Waals surface area contributed by atoms with Crippen LogP contribution in [0.4, 0.5) is 0 Å². The summed E-state index contributed by atoms with van der Waals surface area (Å²) in [5.74, 6) is 2.84. The molecule has 0 aliphatic rings. The van der Waals surface area contributed by atoms with Crippen LogP contribution >= 0.6 is 56.9 Å². The quantitative estimate of drug-likeness (QED) is 0.0248. The monoisotopic (exact) mass is 1250 g/mol. The van der Waals surface area contributed by atoms with Gasteiger partial charge in [-0.1, -0.05) is 51.5 Å². The largest absolute Gasteiger partial charge is 0.481 e. The van der Waals surface area contributed by atoms with Gasteiger partial charge in [-0.15, -0.1) is 0 Å². The summed E-state index contributed by atoms with van der Waals surface area (Å²) in [5, 5.41) is 82.5. The van der Waals surface area contributed by atoms with Gasteiger partial charge in [-0.25, -0.2) is 4.98 Å². The number of carbonyl (C=O) groups is 3. The van der Waals surface area contributed by atoms with Crippen molar-refractivity contribution >= 4 is 74.7 Å². The number of aliphatic carboxylic acids is 2. The van der Waals surface area contributed by atoms with Gasteiger partial charge in [-0.3, -0.25) is 14.4 Å². The Morgan fingerprint density at radius 2 is 0.800 bits per heavy atom. The third-order valence-corrected chi connectivity index (χ3v) is 15.3. The van der Waals surface area contributed by atoms with Crippen molar-refractivity contribution < 1.29 is 108 Å². The van der Waals surface area contributed by atoms with E-state index in [0.717, 1.165) is 30.0 Å². The number of aliphatic hydroxyl groups is 7. The van der Waals surface area contributed by atoms with Crippen molar-refractivity contribution in [1.29, 1.82) is 0 Å². The smallest absolute Gasteiger partial charge is 0.304 e. The molecule has 0 aromatic carbocycles. The van der Waals surface area contributed by atoms with E-state index >= 15 is 0 Å². The summed E-state index contributed by atoms with van der Waals surface area (Å²) in [6, 6.07) is 5.82. The second kappa shape index (κ2) is 63.6. The van der Waals surface area contributed by atoms with Crippen molar-refractivity contribution in [2.75, 3.05) is 129 Å². The lowest BCUT2D eigenvalue weighted by molar-refractivity contribution is -0.181. The van der Waals surface area contributed by atoms with E-state index in [0.29, 0.717) is 60.3 Å². The molecule has 29 heteroatoms. The Hall–Kier alpha value is -1.37. The number of nitrogens with zero attached hydrogens (tertiary/aromatic N) is 1. The van der Waals surface area contributed by atoms with Crippen LogP contribution in [-0.2, 0) is 61.8 Å². The lowest BCUT2D eigenvalue weighted by Crippen LogP contribution is -2.28. The Kier molecular flexibility index (Phi) is 67.7. The first-order chi connectivity index (χ1) is 38.5. The maximum atomic E-state index is 11.8. The average Bonchev–Trinajstić information content (AvgIpc) is 3.48. The van der Waals surface area contributed by atoms with Gasteiger partial charge in [-0.2, -0.15) is 35.3 Å². The zero-order chi connectivity index (χ0) is 61.2. The van der Waals surface area contributed by atoms with E-state index in [1.807, 2.05) is 52.8 Å². The third-order valence-electron chi connectivity index (χ3n) is 10.1. The molecule has 10 atom stereocenters. The fourth-order valence-electron chi connectivity index (χ4n) is 5.09. The number of carbonyl (C=O) groups excluding carboxylic acids is 1. The van der Waals surface area contributed by atoms with Gasteiger partial charge in [0.2, 0.25) is 5.91 Å². The molecule has 0 bridgehead atoms. The van der Waals surface area contributed by atoms with Gasteiger partial charge in [0.25, 0.3) is 0 Å². The highest BCUT2D eigenvalue weighted by molar-refractivity contribution is 8.76. The molecule has 0 fully saturated rings. The van der Waals surface area contributed by atoms with Crippen LogP contribution in [0.25, 0.3) is 0 Å². The molecular weight excluding hydrogens is 1150 g/mol. The topological polar surface area (TPSA) is 351 Å². The van der Waals surface area contributed by atoms with E-state index in [-0.39, 0.29) is 102 Å². The first-order valence-electron chi connectivity index (χ1n) is 26.3. The highest BCUT2D eigenvalue weighted by atomic mass is 33.1. The summed E-state index contributed by atoms with van der Waals surface area (Å²) in [4.78, 5) is 36.6. The molecule has 10 unspecified atom stereocenters. The van der Waals surface area contributed by atoms with Crippen molar-refractivity contribution in [2.45, 2.75) is 153 Å². The molecule has 476 valence electrons. The Morgan fingerprint density at radius 1 is 0.475 bits per heavy atom.